The summed E-state index contributed by atoms with van der Waals surface area (Å²) in [6.45, 7) is 2.39. The van der Waals surface area contributed by atoms with E-state index in [0.29, 0.717) is 50.4 Å². The zero-order chi connectivity index (χ0) is 17.9. The van der Waals surface area contributed by atoms with Gasteiger partial charge in [0.15, 0.2) is 0 Å². The lowest BCUT2D eigenvalue weighted by Gasteiger charge is -2.26. The van der Waals surface area contributed by atoms with Crippen LogP contribution in [0.1, 0.15) is 37.7 Å². The van der Waals surface area contributed by atoms with E-state index >= 15 is 0 Å². The van der Waals surface area contributed by atoms with Gasteiger partial charge >= 0.3 is 0 Å². The number of nitrogens with zero attached hydrogens (tertiary/aromatic N) is 2. The third-order valence-electron chi connectivity index (χ3n) is 4.94. The van der Waals surface area contributed by atoms with Crippen LogP contribution in [0.3, 0.4) is 0 Å². The maximum absolute atomic E-state index is 12.8. The number of hydrogen-bond acceptors (Lipinski definition) is 4. The van der Waals surface area contributed by atoms with Crippen molar-refractivity contribution in [3.05, 3.63) is 23.8 Å². The van der Waals surface area contributed by atoms with Crippen LogP contribution >= 0.6 is 0 Å². The zero-order valence-corrected chi connectivity index (χ0v) is 15.6. The molecule has 6 nitrogen and oxygen atoms in total. The van der Waals surface area contributed by atoms with Crippen molar-refractivity contribution in [2.45, 2.75) is 43.4 Å². The van der Waals surface area contributed by atoms with Gasteiger partial charge in [-0.2, -0.15) is 4.31 Å². The summed E-state index contributed by atoms with van der Waals surface area (Å²) in [6, 6.07) is 5.18. The molecule has 0 atom stereocenters. The number of carbonyl (C=O) groups is 1. The van der Waals surface area contributed by atoms with E-state index in [9.17, 15) is 13.2 Å². The Labute approximate surface area is 149 Å². The Balaban J connectivity index is 1.76. The third-order valence-corrected chi connectivity index (χ3v) is 6.83. The van der Waals surface area contributed by atoms with Crippen LogP contribution in [-0.4, -0.2) is 52.0 Å². The van der Waals surface area contributed by atoms with E-state index in [2.05, 4.69) is 0 Å². The maximum atomic E-state index is 12.8. The summed E-state index contributed by atoms with van der Waals surface area (Å²) < 4.78 is 32.2. The summed E-state index contributed by atoms with van der Waals surface area (Å²) in [6.07, 6.45) is 4.79. The minimum Gasteiger partial charge on any atom is -0.385 e. The van der Waals surface area contributed by atoms with Crippen LogP contribution in [0.15, 0.2) is 23.1 Å². The highest BCUT2D eigenvalue weighted by atomic mass is 32.2. The van der Waals surface area contributed by atoms with Crippen LogP contribution in [0.2, 0.25) is 0 Å². The van der Waals surface area contributed by atoms with E-state index in [0.717, 1.165) is 30.5 Å². The third kappa shape index (κ3) is 3.88. The molecule has 1 saturated heterocycles. The molecular weight excluding hydrogens is 340 g/mol. The number of piperidine rings is 1. The van der Waals surface area contributed by atoms with Crippen molar-refractivity contribution >= 4 is 21.6 Å². The van der Waals surface area contributed by atoms with Gasteiger partial charge in [-0.3, -0.25) is 4.79 Å². The van der Waals surface area contributed by atoms with E-state index in [1.54, 1.807) is 34.5 Å². The summed E-state index contributed by atoms with van der Waals surface area (Å²) in [5.41, 5.74) is 1.79. The average molecular weight is 366 g/mol. The number of sulfonamides is 1. The van der Waals surface area contributed by atoms with Crippen molar-refractivity contribution in [3.63, 3.8) is 0 Å². The molecule has 0 aliphatic carbocycles. The summed E-state index contributed by atoms with van der Waals surface area (Å²) in [7, 11) is -1.80. The van der Waals surface area contributed by atoms with E-state index in [4.69, 9.17) is 4.74 Å². The zero-order valence-electron chi connectivity index (χ0n) is 14.7. The molecule has 0 N–H and O–H groups in total. The number of benzene rings is 1. The van der Waals surface area contributed by atoms with Crippen molar-refractivity contribution in [1.82, 2.24) is 4.31 Å². The molecule has 0 saturated carbocycles. The minimum absolute atomic E-state index is 0.0717. The Bertz CT molecular complexity index is 727. The molecule has 1 amide bonds. The van der Waals surface area contributed by atoms with Crippen molar-refractivity contribution in [1.29, 1.82) is 0 Å². The molecule has 0 spiro atoms. The summed E-state index contributed by atoms with van der Waals surface area (Å²) in [5.74, 6) is 0.0717. The molecule has 7 heteroatoms. The molecule has 1 aromatic rings. The van der Waals surface area contributed by atoms with Gasteiger partial charge in [0.05, 0.1) is 4.90 Å². The number of amides is 1. The van der Waals surface area contributed by atoms with E-state index in [-0.39, 0.29) is 5.91 Å². The molecule has 2 aliphatic rings. The molecule has 25 heavy (non-hydrogen) atoms. The highest BCUT2D eigenvalue weighted by molar-refractivity contribution is 7.89. The summed E-state index contributed by atoms with van der Waals surface area (Å²) in [5, 5.41) is 0. The Morgan fingerprint density at radius 2 is 1.92 bits per heavy atom. The second kappa shape index (κ2) is 7.85. The Morgan fingerprint density at radius 1 is 1.16 bits per heavy atom. The number of rotatable bonds is 6. The number of ether oxygens (including phenoxy) is 1. The lowest BCUT2D eigenvalue weighted by atomic mass is 10.2. The fraction of sp³-hybridized carbons (Fsp3) is 0.611. The first-order valence-electron chi connectivity index (χ1n) is 8.96. The van der Waals surface area contributed by atoms with Gasteiger partial charge in [0.25, 0.3) is 0 Å². The highest BCUT2D eigenvalue weighted by Crippen LogP contribution is 2.32. The molecule has 3 rings (SSSR count). The molecule has 1 fully saturated rings. The molecule has 0 aromatic heterocycles. The molecule has 1 aromatic carbocycles. The lowest BCUT2D eigenvalue weighted by molar-refractivity contribution is -0.118. The Morgan fingerprint density at radius 3 is 2.64 bits per heavy atom. The van der Waals surface area contributed by atoms with Crippen LogP contribution < -0.4 is 4.90 Å². The van der Waals surface area contributed by atoms with Crippen LogP contribution in [0.4, 0.5) is 5.69 Å². The first-order chi connectivity index (χ1) is 12.0. The molecule has 0 bridgehead atoms. The largest absolute Gasteiger partial charge is 0.385 e. The first kappa shape index (κ1) is 18.4. The normalized spacial score (nSPS) is 18.4. The van der Waals surface area contributed by atoms with E-state index in [1.165, 1.54) is 0 Å². The van der Waals surface area contributed by atoms with Crippen molar-refractivity contribution in [2.75, 3.05) is 38.3 Å². The van der Waals surface area contributed by atoms with Gasteiger partial charge in [0.1, 0.15) is 0 Å². The highest BCUT2D eigenvalue weighted by Gasteiger charge is 2.29. The number of methoxy groups -OCH3 is 1. The smallest absolute Gasteiger partial charge is 0.243 e. The van der Waals surface area contributed by atoms with Crippen LogP contribution in [0.25, 0.3) is 0 Å². The van der Waals surface area contributed by atoms with Crippen molar-refractivity contribution < 1.29 is 17.9 Å². The van der Waals surface area contributed by atoms with Gasteiger partial charge in [0.2, 0.25) is 15.9 Å². The van der Waals surface area contributed by atoms with Gasteiger partial charge < -0.3 is 9.64 Å². The fourth-order valence-corrected chi connectivity index (χ4v) is 5.12. The van der Waals surface area contributed by atoms with Crippen molar-refractivity contribution in [3.8, 4) is 0 Å². The predicted molar refractivity (Wildman–Crippen MR) is 96.2 cm³/mol. The topological polar surface area (TPSA) is 66.9 Å². The predicted octanol–water partition coefficient (Wildman–Crippen LogP) is 2.18. The Kier molecular flexibility index (Phi) is 5.76. The number of anilines is 1. The maximum Gasteiger partial charge on any atom is 0.243 e. The molecule has 2 heterocycles. The van der Waals surface area contributed by atoms with Gasteiger partial charge in [0, 0.05) is 45.5 Å². The van der Waals surface area contributed by atoms with Crippen LogP contribution in [-0.2, 0) is 26.0 Å². The Hall–Kier alpha value is -1.44. The molecule has 0 radical (unpaired) electrons. The second-order valence-corrected chi connectivity index (χ2v) is 8.58. The summed E-state index contributed by atoms with van der Waals surface area (Å²) in [4.78, 5) is 14.5. The molecular formula is C18H26N2O4S. The van der Waals surface area contributed by atoms with Crippen LogP contribution in [0.5, 0.6) is 0 Å². The van der Waals surface area contributed by atoms with Gasteiger partial charge in [-0.1, -0.05) is 6.42 Å². The monoisotopic (exact) mass is 366 g/mol. The standard InChI is InChI=1S/C18H26N2O4S/c1-24-13-5-6-18(21)20-12-9-15-14-16(7-8-17(15)20)25(22,23)19-10-3-2-4-11-19/h7-8,14H,2-6,9-13H2,1H3. The summed E-state index contributed by atoms with van der Waals surface area (Å²) >= 11 is 0. The van der Waals surface area contributed by atoms with Crippen LogP contribution in [0, 0.1) is 0 Å². The lowest BCUT2D eigenvalue weighted by Crippen LogP contribution is -2.35. The van der Waals surface area contributed by atoms with Gasteiger partial charge in [-0.05, 0) is 49.4 Å². The SMILES string of the molecule is COCCCC(=O)N1CCc2cc(S(=O)(=O)N3CCCCC3)ccc21. The minimum atomic E-state index is -3.43. The van der Waals surface area contributed by atoms with Gasteiger partial charge in [-0.15, -0.1) is 0 Å². The molecule has 2 aliphatic heterocycles. The number of fused-ring (bicyclic) bond motifs is 1. The second-order valence-electron chi connectivity index (χ2n) is 6.65. The quantitative estimate of drug-likeness (QED) is 0.724. The number of hydrogen-bond donors (Lipinski definition) is 0. The molecule has 0 unspecified atom stereocenters. The van der Waals surface area contributed by atoms with E-state index in [1.807, 2.05) is 0 Å². The number of carbonyl (C=O) groups excluding carboxylic acids is 1. The molecule has 138 valence electrons. The van der Waals surface area contributed by atoms with E-state index < -0.39 is 10.0 Å². The van der Waals surface area contributed by atoms with Gasteiger partial charge in [-0.25, -0.2) is 8.42 Å². The van der Waals surface area contributed by atoms with Crippen molar-refractivity contribution in [2.24, 2.45) is 0 Å². The average Bonchev–Trinajstić information content (AvgIpc) is 3.06. The first-order valence-corrected chi connectivity index (χ1v) is 10.4. The fourth-order valence-electron chi connectivity index (χ4n) is 3.55.